The van der Waals surface area contributed by atoms with Crippen LogP contribution in [0.25, 0.3) is 10.9 Å². The third-order valence-corrected chi connectivity index (χ3v) is 3.83. The predicted molar refractivity (Wildman–Crippen MR) is 83.0 cm³/mol. The first kappa shape index (κ1) is 13.8. The highest BCUT2D eigenvalue weighted by molar-refractivity contribution is 5.79. The lowest BCUT2D eigenvalue weighted by Gasteiger charge is -2.12. The van der Waals surface area contributed by atoms with E-state index < -0.39 is 6.10 Å². The molecule has 1 unspecified atom stereocenters. The summed E-state index contributed by atoms with van der Waals surface area (Å²) in [6.45, 7) is 1.98. The molecule has 0 bridgehead atoms. The standard InChI is InChI=1S/C17H19N3O/c1-12-3-4-13-11-14(5-7-16(13)19-12)17(21)8-6-15-9-10-18-20(15)2/h3-5,7,9-11,17,21H,6,8H2,1-2H3. The van der Waals surface area contributed by atoms with Crippen molar-refractivity contribution < 1.29 is 5.11 Å². The van der Waals surface area contributed by atoms with Crippen LogP contribution in [0.3, 0.4) is 0 Å². The summed E-state index contributed by atoms with van der Waals surface area (Å²) < 4.78 is 1.85. The Morgan fingerprint density at radius 2 is 2.05 bits per heavy atom. The molecule has 0 spiro atoms. The van der Waals surface area contributed by atoms with Gasteiger partial charge in [-0.3, -0.25) is 9.67 Å². The van der Waals surface area contributed by atoms with E-state index >= 15 is 0 Å². The third kappa shape index (κ3) is 2.95. The molecule has 21 heavy (non-hydrogen) atoms. The van der Waals surface area contributed by atoms with Gasteiger partial charge in [-0.25, -0.2) is 0 Å². The van der Waals surface area contributed by atoms with E-state index in [0.717, 1.165) is 34.3 Å². The van der Waals surface area contributed by atoms with Crippen molar-refractivity contribution in [2.75, 3.05) is 0 Å². The van der Waals surface area contributed by atoms with Crippen molar-refractivity contribution in [1.29, 1.82) is 0 Å². The first-order valence-electron chi connectivity index (χ1n) is 7.16. The molecule has 108 valence electrons. The highest BCUT2D eigenvalue weighted by atomic mass is 16.3. The van der Waals surface area contributed by atoms with Gasteiger partial charge in [-0.15, -0.1) is 0 Å². The number of nitrogens with zero attached hydrogens (tertiary/aromatic N) is 3. The van der Waals surface area contributed by atoms with Gasteiger partial charge in [-0.2, -0.15) is 5.10 Å². The summed E-state index contributed by atoms with van der Waals surface area (Å²) in [6.07, 6.45) is 2.81. The van der Waals surface area contributed by atoms with Crippen molar-refractivity contribution in [3.05, 3.63) is 59.5 Å². The number of hydrogen-bond acceptors (Lipinski definition) is 3. The Kier molecular flexibility index (Phi) is 3.71. The van der Waals surface area contributed by atoms with Gasteiger partial charge in [-0.05, 0) is 49.6 Å². The molecule has 3 aromatic rings. The lowest BCUT2D eigenvalue weighted by molar-refractivity contribution is 0.167. The molecule has 0 saturated heterocycles. The lowest BCUT2D eigenvalue weighted by Crippen LogP contribution is -2.03. The number of aromatic nitrogens is 3. The minimum absolute atomic E-state index is 0.467. The monoisotopic (exact) mass is 281 g/mol. The Morgan fingerprint density at radius 1 is 1.19 bits per heavy atom. The van der Waals surface area contributed by atoms with Gasteiger partial charge in [0, 0.05) is 30.0 Å². The molecule has 1 N–H and O–H groups in total. The van der Waals surface area contributed by atoms with E-state index in [0.29, 0.717) is 6.42 Å². The van der Waals surface area contributed by atoms with E-state index in [4.69, 9.17) is 0 Å². The maximum absolute atomic E-state index is 10.4. The Labute approximate surface area is 124 Å². The zero-order valence-electron chi connectivity index (χ0n) is 12.3. The molecule has 0 aliphatic rings. The smallest absolute Gasteiger partial charge is 0.0794 e. The fourth-order valence-electron chi connectivity index (χ4n) is 2.55. The lowest BCUT2D eigenvalue weighted by atomic mass is 10.0. The van der Waals surface area contributed by atoms with Crippen molar-refractivity contribution in [1.82, 2.24) is 14.8 Å². The normalized spacial score (nSPS) is 12.7. The molecular formula is C17H19N3O. The van der Waals surface area contributed by atoms with Crippen LogP contribution in [0.5, 0.6) is 0 Å². The number of aliphatic hydroxyl groups is 1. The van der Waals surface area contributed by atoms with Crippen LogP contribution in [0.15, 0.2) is 42.6 Å². The van der Waals surface area contributed by atoms with E-state index in [1.54, 1.807) is 6.20 Å². The number of pyridine rings is 1. The second-order valence-electron chi connectivity index (χ2n) is 5.41. The molecule has 4 nitrogen and oxygen atoms in total. The Morgan fingerprint density at radius 3 is 2.81 bits per heavy atom. The minimum atomic E-state index is -0.467. The van der Waals surface area contributed by atoms with Crippen LogP contribution in [0.2, 0.25) is 0 Å². The Hall–Kier alpha value is -2.20. The number of benzene rings is 1. The fourth-order valence-corrected chi connectivity index (χ4v) is 2.55. The number of aryl methyl sites for hydroxylation is 3. The van der Waals surface area contributed by atoms with Crippen LogP contribution in [-0.4, -0.2) is 19.9 Å². The van der Waals surface area contributed by atoms with Gasteiger partial charge < -0.3 is 5.11 Å². The molecular weight excluding hydrogens is 262 g/mol. The Bertz CT molecular complexity index is 764. The topological polar surface area (TPSA) is 50.9 Å². The summed E-state index contributed by atoms with van der Waals surface area (Å²) in [5, 5.41) is 15.6. The van der Waals surface area contributed by atoms with Crippen molar-refractivity contribution in [3.63, 3.8) is 0 Å². The van der Waals surface area contributed by atoms with Crippen LogP contribution < -0.4 is 0 Å². The quantitative estimate of drug-likeness (QED) is 0.800. The van der Waals surface area contributed by atoms with E-state index in [2.05, 4.69) is 16.1 Å². The molecule has 1 atom stereocenters. The number of aliphatic hydroxyl groups excluding tert-OH is 1. The highest BCUT2D eigenvalue weighted by Gasteiger charge is 2.10. The molecule has 0 radical (unpaired) electrons. The van der Waals surface area contributed by atoms with Gasteiger partial charge in [-0.1, -0.05) is 12.1 Å². The largest absolute Gasteiger partial charge is 0.388 e. The van der Waals surface area contributed by atoms with E-state index in [9.17, 15) is 5.11 Å². The number of hydrogen-bond donors (Lipinski definition) is 1. The van der Waals surface area contributed by atoms with Crippen LogP contribution >= 0.6 is 0 Å². The third-order valence-electron chi connectivity index (χ3n) is 3.83. The van der Waals surface area contributed by atoms with Gasteiger partial charge >= 0.3 is 0 Å². The molecule has 0 saturated carbocycles. The number of fused-ring (bicyclic) bond motifs is 1. The Balaban J connectivity index is 1.76. The van der Waals surface area contributed by atoms with Gasteiger partial charge in [0.25, 0.3) is 0 Å². The second-order valence-corrected chi connectivity index (χ2v) is 5.41. The molecule has 4 heteroatoms. The van der Waals surface area contributed by atoms with Crippen molar-refractivity contribution in [2.45, 2.75) is 25.9 Å². The van der Waals surface area contributed by atoms with E-state index in [1.807, 2.05) is 49.0 Å². The maximum atomic E-state index is 10.4. The zero-order chi connectivity index (χ0) is 14.8. The summed E-state index contributed by atoms with van der Waals surface area (Å²) in [5.74, 6) is 0. The summed E-state index contributed by atoms with van der Waals surface area (Å²) in [4.78, 5) is 4.48. The summed E-state index contributed by atoms with van der Waals surface area (Å²) in [5.41, 5.74) is 4.05. The van der Waals surface area contributed by atoms with E-state index in [1.165, 1.54) is 0 Å². The minimum Gasteiger partial charge on any atom is -0.388 e. The molecule has 0 aliphatic carbocycles. The summed E-state index contributed by atoms with van der Waals surface area (Å²) in [7, 11) is 1.92. The van der Waals surface area contributed by atoms with E-state index in [-0.39, 0.29) is 0 Å². The van der Waals surface area contributed by atoms with Crippen molar-refractivity contribution in [2.24, 2.45) is 7.05 Å². The molecule has 2 aromatic heterocycles. The zero-order valence-corrected chi connectivity index (χ0v) is 12.3. The van der Waals surface area contributed by atoms with Crippen molar-refractivity contribution >= 4 is 10.9 Å². The van der Waals surface area contributed by atoms with Crippen molar-refractivity contribution in [3.8, 4) is 0 Å². The molecule has 0 fully saturated rings. The van der Waals surface area contributed by atoms with Gasteiger partial charge in [0.05, 0.1) is 11.6 Å². The molecule has 1 aromatic carbocycles. The van der Waals surface area contributed by atoms with Gasteiger partial charge in [0.1, 0.15) is 0 Å². The van der Waals surface area contributed by atoms with Crippen LogP contribution in [-0.2, 0) is 13.5 Å². The summed E-state index contributed by atoms with van der Waals surface area (Å²) in [6, 6.07) is 12.0. The highest BCUT2D eigenvalue weighted by Crippen LogP contribution is 2.23. The SMILES string of the molecule is Cc1ccc2cc(C(O)CCc3ccnn3C)ccc2n1. The first-order chi connectivity index (χ1) is 10.1. The first-order valence-corrected chi connectivity index (χ1v) is 7.16. The molecule has 0 amide bonds. The number of rotatable bonds is 4. The molecule has 0 aliphatic heterocycles. The maximum Gasteiger partial charge on any atom is 0.0794 e. The average molecular weight is 281 g/mol. The average Bonchev–Trinajstić information content (AvgIpc) is 2.89. The summed E-state index contributed by atoms with van der Waals surface area (Å²) >= 11 is 0. The van der Waals surface area contributed by atoms with Crippen LogP contribution in [0, 0.1) is 6.92 Å². The molecule has 2 heterocycles. The van der Waals surface area contributed by atoms with Crippen LogP contribution in [0.1, 0.15) is 29.5 Å². The predicted octanol–water partition coefficient (Wildman–Crippen LogP) is 2.94. The van der Waals surface area contributed by atoms with Crippen LogP contribution in [0.4, 0.5) is 0 Å². The second kappa shape index (κ2) is 5.66. The van der Waals surface area contributed by atoms with Gasteiger partial charge in [0.2, 0.25) is 0 Å². The molecule has 3 rings (SSSR count). The van der Waals surface area contributed by atoms with Gasteiger partial charge in [0.15, 0.2) is 0 Å². The fraction of sp³-hybridized carbons (Fsp3) is 0.294.